The van der Waals surface area contributed by atoms with Gasteiger partial charge in [0.25, 0.3) is 0 Å². The number of benzene rings is 1. The van der Waals surface area contributed by atoms with Crippen molar-refractivity contribution in [3.05, 3.63) is 29.3 Å². The average molecular weight is 420 g/mol. The van der Waals surface area contributed by atoms with E-state index in [9.17, 15) is 0 Å². The SMILES string of the molecule is Cc1cccc(C)c1N(COC12CC3CC(CC(C3)C1)C2)C12CC3CC(CC(C3)C1)C2. The maximum Gasteiger partial charge on any atom is 0.120 e. The fraction of sp³-hybridized carbons (Fsp3) is 0.793. The van der Waals surface area contributed by atoms with Gasteiger partial charge < -0.3 is 9.64 Å². The summed E-state index contributed by atoms with van der Waals surface area (Å²) in [4.78, 5) is 2.85. The summed E-state index contributed by atoms with van der Waals surface area (Å²) in [6, 6.07) is 6.91. The van der Waals surface area contributed by atoms with Crippen LogP contribution in [0.3, 0.4) is 0 Å². The molecule has 8 fully saturated rings. The molecule has 168 valence electrons. The van der Waals surface area contributed by atoms with Crippen LogP contribution in [0.5, 0.6) is 0 Å². The Hall–Kier alpha value is -1.02. The van der Waals surface area contributed by atoms with E-state index in [0.717, 1.165) is 42.2 Å². The fourth-order valence-corrected chi connectivity index (χ4v) is 10.5. The molecule has 8 saturated carbocycles. The van der Waals surface area contributed by atoms with E-state index >= 15 is 0 Å². The van der Waals surface area contributed by atoms with Crippen LogP contribution in [0, 0.1) is 49.4 Å². The molecule has 0 amide bonds. The van der Waals surface area contributed by atoms with Gasteiger partial charge in [0.1, 0.15) is 6.73 Å². The van der Waals surface area contributed by atoms with Crippen molar-refractivity contribution in [3.8, 4) is 0 Å². The molecular weight excluding hydrogens is 378 g/mol. The van der Waals surface area contributed by atoms with Crippen molar-refractivity contribution in [2.75, 3.05) is 11.6 Å². The zero-order chi connectivity index (χ0) is 20.8. The Bertz CT molecular complexity index is 781. The first-order chi connectivity index (χ1) is 15.0. The summed E-state index contributed by atoms with van der Waals surface area (Å²) in [5, 5.41) is 0. The van der Waals surface area contributed by atoms with Crippen LogP contribution in [0.4, 0.5) is 5.69 Å². The van der Waals surface area contributed by atoms with Crippen LogP contribution in [-0.4, -0.2) is 17.9 Å². The number of aryl methyl sites for hydroxylation is 2. The Morgan fingerprint density at radius 3 is 1.58 bits per heavy atom. The molecule has 31 heavy (non-hydrogen) atoms. The highest BCUT2D eigenvalue weighted by atomic mass is 16.5. The largest absolute Gasteiger partial charge is 0.355 e. The second kappa shape index (κ2) is 6.75. The topological polar surface area (TPSA) is 12.5 Å². The monoisotopic (exact) mass is 419 g/mol. The molecule has 0 radical (unpaired) electrons. The van der Waals surface area contributed by atoms with Gasteiger partial charge in [-0.3, -0.25) is 0 Å². The van der Waals surface area contributed by atoms with E-state index < -0.39 is 0 Å². The van der Waals surface area contributed by atoms with E-state index in [-0.39, 0.29) is 5.60 Å². The summed E-state index contributed by atoms with van der Waals surface area (Å²) in [6.45, 7) is 5.51. The van der Waals surface area contributed by atoms with Crippen LogP contribution < -0.4 is 4.90 Å². The van der Waals surface area contributed by atoms with Gasteiger partial charge in [-0.2, -0.15) is 0 Å². The average Bonchev–Trinajstić information content (AvgIpc) is 2.68. The molecular formula is C29H41NO. The third-order valence-electron chi connectivity index (χ3n) is 10.8. The fourth-order valence-electron chi connectivity index (χ4n) is 10.5. The molecule has 1 aromatic carbocycles. The van der Waals surface area contributed by atoms with Gasteiger partial charge in [0.05, 0.1) is 5.60 Å². The number of rotatable bonds is 5. The van der Waals surface area contributed by atoms with Gasteiger partial charge in [-0.25, -0.2) is 0 Å². The number of anilines is 1. The third-order valence-corrected chi connectivity index (χ3v) is 10.8. The van der Waals surface area contributed by atoms with Crippen molar-refractivity contribution in [3.63, 3.8) is 0 Å². The lowest BCUT2D eigenvalue weighted by Gasteiger charge is -2.62. The minimum atomic E-state index is 0.200. The Morgan fingerprint density at radius 2 is 1.13 bits per heavy atom. The first-order valence-electron chi connectivity index (χ1n) is 13.5. The molecule has 8 aliphatic rings. The first-order valence-corrected chi connectivity index (χ1v) is 13.5. The van der Waals surface area contributed by atoms with E-state index in [0.29, 0.717) is 5.54 Å². The van der Waals surface area contributed by atoms with Crippen LogP contribution >= 0.6 is 0 Å². The second-order valence-corrected chi connectivity index (χ2v) is 13.2. The summed E-state index contributed by atoms with van der Waals surface area (Å²) in [5.74, 6) is 5.78. The van der Waals surface area contributed by atoms with Gasteiger partial charge >= 0.3 is 0 Å². The molecule has 0 unspecified atom stereocenters. The zero-order valence-electron chi connectivity index (χ0n) is 19.7. The molecule has 0 saturated heterocycles. The Labute approximate surface area is 189 Å². The Balaban J connectivity index is 1.23. The van der Waals surface area contributed by atoms with Crippen molar-refractivity contribution in [1.29, 1.82) is 0 Å². The van der Waals surface area contributed by atoms with Crippen molar-refractivity contribution < 1.29 is 4.74 Å². The molecule has 0 heterocycles. The van der Waals surface area contributed by atoms with E-state index in [1.54, 1.807) is 0 Å². The molecule has 0 atom stereocenters. The lowest BCUT2D eigenvalue weighted by atomic mass is 9.52. The van der Waals surface area contributed by atoms with E-state index in [1.807, 2.05) is 0 Å². The van der Waals surface area contributed by atoms with Crippen LogP contribution in [0.15, 0.2) is 18.2 Å². The Kier molecular flexibility index (Phi) is 4.23. The lowest BCUT2D eigenvalue weighted by Crippen LogP contribution is -2.62. The first kappa shape index (κ1) is 19.4. The van der Waals surface area contributed by atoms with Gasteiger partial charge in [0, 0.05) is 11.2 Å². The number of para-hydroxylation sites is 1. The molecule has 0 aromatic heterocycles. The van der Waals surface area contributed by atoms with E-state index in [2.05, 4.69) is 36.9 Å². The third kappa shape index (κ3) is 3.06. The summed E-state index contributed by atoms with van der Waals surface area (Å²) >= 11 is 0. The minimum Gasteiger partial charge on any atom is -0.355 e. The summed E-state index contributed by atoms with van der Waals surface area (Å²) < 4.78 is 7.18. The summed E-state index contributed by atoms with van der Waals surface area (Å²) in [6.07, 6.45) is 17.3. The second-order valence-electron chi connectivity index (χ2n) is 13.2. The predicted molar refractivity (Wildman–Crippen MR) is 126 cm³/mol. The van der Waals surface area contributed by atoms with Crippen molar-refractivity contribution >= 4 is 5.69 Å². The highest BCUT2D eigenvalue weighted by molar-refractivity contribution is 5.61. The highest BCUT2D eigenvalue weighted by Crippen LogP contribution is 2.60. The standard InChI is InChI=1S/C29H41NO/c1-19-4-3-5-20(2)27(19)30(28-12-21-6-22(13-28)8-23(7-21)14-28)18-31-29-15-24-9-25(16-29)11-26(10-24)17-29/h3-5,21-26H,6-18H2,1-2H3. The predicted octanol–water partition coefficient (Wildman–Crippen LogP) is 7.02. The zero-order valence-corrected chi connectivity index (χ0v) is 19.7. The number of hydrogen-bond donors (Lipinski definition) is 0. The molecule has 9 rings (SSSR count). The van der Waals surface area contributed by atoms with Crippen LogP contribution in [0.25, 0.3) is 0 Å². The van der Waals surface area contributed by atoms with Gasteiger partial charge in [0.15, 0.2) is 0 Å². The number of nitrogens with zero attached hydrogens (tertiary/aromatic N) is 1. The number of ether oxygens (including phenoxy) is 1. The van der Waals surface area contributed by atoms with E-state index in [4.69, 9.17) is 4.74 Å². The quantitative estimate of drug-likeness (QED) is 0.475. The van der Waals surface area contributed by atoms with Crippen LogP contribution in [-0.2, 0) is 4.74 Å². The molecule has 0 aliphatic heterocycles. The molecule has 0 N–H and O–H groups in total. The number of hydrogen-bond acceptors (Lipinski definition) is 2. The molecule has 2 heteroatoms. The minimum absolute atomic E-state index is 0.200. The van der Waals surface area contributed by atoms with Crippen LogP contribution in [0.1, 0.15) is 88.2 Å². The normalized spacial score (nSPS) is 46.6. The lowest BCUT2D eigenvalue weighted by molar-refractivity contribution is -0.166. The molecule has 2 nitrogen and oxygen atoms in total. The smallest absolute Gasteiger partial charge is 0.120 e. The van der Waals surface area contributed by atoms with Crippen molar-refractivity contribution in [2.45, 2.75) is 102 Å². The van der Waals surface area contributed by atoms with Crippen molar-refractivity contribution in [2.24, 2.45) is 35.5 Å². The summed E-state index contributed by atoms with van der Waals surface area (Å²) in [5.41, 5.74) is 4.96. The highest BCUT2D eigenvalue weighted by Gasteiger charge is 2.56. The molecule has 8 bridgehead atoms. The molecule has 8 aliphatic carbocycles. The van der Waals surface area contributed by atoms with E-state index in [1.165, 1.54) is 93.9 Å². The van der Waals surface area contributed by atoms with Gasteiger partial charge in [0.2, 0.25) is 0 Å². The summed E-state index contributed by atoms with van der Waals surface area (Å²) in [7, 11) is 0. The molecule has 1 aromatic rings. The van der Waals surface area contributed by atoms with Gasteiger partial charge in [-0.15, -0.1) is 0 Å². The molecule has 0 spiro atoms. The van der Waals surface area contributed by atoms with Gasteiger partial charge in [-0.1, -0.05) is 18.2 Å². The maximum atomic E-state index is 7.18. The van der Waals surface area contributed by atoms with Gasteiger partial charge in [-0.05, 0) is 138 Å². The maximum absolute atomic E-state index is 7.18. The van der Waals surface area contributed by atoms with Crippen LogP contribution in [0.2, 0.25) is 0 Å². The van der Waals surface area contributed by atoms with Crippen molar-refractivity contribution in [1.82, 2.24) is 0 Å². The Morgan fingerprint density at radius 1 is 0.710 bits per heavy atom.